The van der Waals surface area contributed by atoms with Crippen LogP contribution in [0.4, 0.5) is 21.7 Å². The largest absolute Gasteiger partial charge is 0.397 e. The number of likely N-dealkylation sites (N-methyl/N-ethyl adjacent to an activating group) is 1. The number of hydrogen-bond donors (Lipinski definition) is 1. The van der Waals surface area contributed by atoms with Crippen molar-refractivity contribution < 1.29 is 13.9 Å². The summed E-state index contributed by atoms with van der Waals surface area (Å²) in [5.74, 6) is 0.320. The quantitative estimate of drug-likeness (QED) is 0.667. The van der Waals surface area contributed by atoms with E-state index in [0.29, 0.717) is 48.6 Å². The first kappa shape index (κ1) is 21.7. The number of morpholine rings is 1. The van der Waals surface area contributed by atoms with Gasteiger partial charge in [-0.1, -0.05) is 0 Å². The van der Waals surface area contributed by atoms with E-state index in [1.54, 1.807) is 25.6 Å². The smallest absolute Gasteiger partial charge is 0.225 e. The minimum atomic E-state index is -0.317. The van der Waals surface area contributed by atoms with Crippen molar-refractivity contribution in [2.45, 2.75) is 12.5 Å². The van der Waals surface area contributed by atoms with Gasteiger partial charge in [-0.05, 0) is 25.6 Å². The van der Waals surface area contributed by atoms with E-state index in [2.05, 4.69) is 31.7 Å². The van der Waals surface area contributed by atoms with Crippen LogP contribution < -0.4 is 15.5 Å². The molecule has 0 spiro atoms. The summed E-state index contributed by atoms with van der Waals surface area (Å²) in [4.78, 5) is 15.4. The highest BCUT2D eigenvalue weighted by Crippen LogP contribution is 2.34. The summed E-state index contributed by atoms with van der Waals surface area (Å²) in [5.41, 5.74) is 8.70. The number of halogens is 1. The molecule has 168 valence electrons. The van der Waals surface area contributed by atoms with Crippen molar-refractivity contribution >= 4 is 17.3 Å². The highest BCUT2D eigenvalue weighted by molar-refractivity contribution is 5.77. The third-order valence-electron chi connectivity index (χ3n) is 6.14. The van der Waals surface area contributed by atoms with Crippen molar-refractivity contribution in [1.29, 1.82) is 0 Å². The SMILES string of the molecule is COCCN(C)[C@@H]1CCN(c2cc(F)c(-c3cnc(N4CCOCC4)nc3)cc2N)C1. The minimum absolute atomic E-state index is 0.317. The molecule has 3 heterocycles. The molecule has 0 bridgehead atoms. The zero-order valence-corrected chi connectivity index (χ0v) is 18.3. The maximum atomic E-state index is 15.1. The number of nitrogen functional groups attached to an aromatic ring is 1. The fraction of sp³-hybridized carbons (Fsp3) is 0.545. The minimum Gasteiger partial charge on any atom is -0.397 e. The topological polar surface area (TPSA) is 80.0 Å². The van der Waals surface area contributed by atoms with Gasteiger partial charge in [0.05, 0.1) is 31.2 Å². The molecule has 2 saturated heterocycles. The van der Waals surface area contributed by atoms with E-state index in [9.17, 15) is 0 Å². The van der Waals surface area contributed by atoms with E-state index in [1.807, 2.05) is 0 Å². The highest BCUT2D eigenvalue weighted by Gasteiger charge is 2.27. The van der Waals surface area contributed by atoms with E-state index in [1.165, 1.54) is 6.07 Å². The predicted molar refractivity (Wildman–Crippen MR) is 120 cm³/mol. The Labute approximate surface area is 182 Å². The first-order chi connectivity index (χ1) is 15.1. The first-order valence-corrected chi connectivity index (χ1v) is 10.7. The van der Waals surface area contributed by atoms with Gasteiger partial charge < -0.3 is 25.0 Å². The molecule has 1 aromatic carbocycles. The van der Waals surface area contributed by atoms with Gasteiger partial charge in [0.2, 0.25) is 5.95 Å². The second-order valence-electron chi connectivity index (χ2n) is 8.12. The molecule has 31 heavy (non-hydrogen) atoms. The first-order valence-electron chi connectivity index (χ1n) is 10.7. The molecule has 1 aromatic heterocycles. The Morgan fingerprint density at radius 3 is 2.65 bits per heavy atom. The zero-order chi connectivity index (χ0) is 21.8. The van der Waals surface area contributed by atoms with Crippen LogP contribution in [0.3, 0.4) is 0 Å². The molecular weight excluding hydrogens is 399 g/mol. The molecule has 4 rings (SSSR count). The fourth-order valence-corrected chi connectivity index (χ4v) is 4.20. The van der Waals surface area contributed by atoms with Gasteiger partial charge in [0, 0.05) is 69.4 Å². The summed E-state index contributed by atoms with van der Waals surface area (Å²) >= 11 is 0. The van der Waals surface area contributed by atoms with Crippen LogP contribution >= 0.6 is 0 Å². The molecule has 2 aliphatic rings. The van der Waals surface area contributed by atoms with Crippen LogP contribution in [0.5, 0.6) is 0 Å². The van der Waals surface area contributed by atoms with E-state index >= 15 is 4.39 Å². The molecule has 0 radical (unpaired) electrons. The number of aromatic nitrogens is 2. The van der Waals surface area contributed by atoms with Crippen molar-refractivity contribution in [3.8, 4) is 11.1 Å². The summed E-state index contributed by atoms with van der Waals surface area (Å²) in [5, 5.41) is 0. The number of nitrogens with zero attached hydrogens (tertiary/aromatic N) is 5. The van der Waals surface area contributed by atoms with Crippen LogP contribution in [0.25, 0.3) is 11.1 Å². The number of methoxy groups -OCH3 is 1. The van der Waals surface area contributed by atoms with E-state index < -0.39 is 0 Å². The van der Waals surface area contributed by atoms with Crippen molar-refractivity contribution in [2.75, 3.05) is 82.2 Å². The lowest BCUT2D eigenvalue weighted by atomic mass is 10.1. The van der Waals surface area contributed by atoms with Crippen LogP contribution in [0.15, 0.2) is 24.5 Å². The lowest BCUT2D eigenvalue weighted by Crippen LogP contribution is -2.37. The van der Waals surface area contributed by atoms with Gasteiger partial charge in [-0.3, -0.25) is 4.90 Å². The standard InChI is InChI=1S/C22H31FN6O2/c1-27(5-8-30-2)17-3-4-29(15-17)21-12-19(23)18(11-20(21)24)16-13-25-22(26-14-16)28-6-9-31-10-7-28/h11-14,17H,3-10,15,24H2,1-2H3/t17-/m1/s1. The summed E-state index contributed by atoms with van der Waals surface area (Å²) in [6.45, 7) is 6.08. The number of nitrogens with two attached hydrogens (primary N) is 1. The Morgan fingerprint density at radius 2 is 1.94 bits per heavy atom. The second kappa shape index (κ2) is 9.76. The number of benzene rings is 1. The van der Waals surface area contributed by atoms with Crippen molar-refractivity contribution in [3.63, 3.8) is 0 Å². The molecular formula is C22H31FN6O2. The van der Waals surface area contributed by atoms with Gasteiger partial charge >= 0.3 is 0 Å². The summed E-state index contributed by atoms with van der Waals surface area (Å²) in [6, 6.07) is 3.64. The van der Waals surface area contributed by atoms with Gasteiger partial charge in [0.1, 0.15) is 5.82 Å². The van der Waals surface area contributed by atoms with E-state index in [0.717, 1.165) is 44.8 Å². The number of hydrogen-bond acceptors (Lipinski definition) is 8. The van der Waals surface area contributed by atoms with Crippen molar-refractivity contribution in [2.24, 2.45) is 0 Å². The van der Waals surface area contributed by atoms with Gasteiger partial charge in [-0.2, -0.15) is 0 Å². The maximum Gasteiger partial charge on any atom is 0.225 e. The molecule has 2 aromatic rings. The summed E-state index contributed by atoms with van der Waals surface area (Å²) < 4.78 is 25.6. The maximum absolute atomic E-state index is 15.1. The Bertz CT molecular complexity index is 875. The third kappa shape index (κ3) is 4.89. The normalized spacial score (nSPS) is 19.4. The van der Waals surface area contributed by atoms with Gasteiger partial charge in [0.25, 0.3) is 0 Å². The van der Waals surface area contributed by atoms with Gasteiger partial charge in [0.15, 0.2) is 0 Å². The molecule has 0 aliphatic carbocycles. The van der Waals surface area contributed by atoms with E-state index in [4.69, 9.17) is 15.2 Å². The average Bonchev–Trinajstić information content (AvgIpc) is 3.29. The molecule has 2 aliphatic heterocycles. The highest BCUT2D eigenvalue weighted by atomic mass is 19.1. The fourth-order valence-electron chi connectivity index (χ4n) is 4.20. The van der Waals surface area contributed by atoms with Crippen molar-refractivity contribution in [1.82, 2.24) is 14.9 Å². The Hall–Kier alpha value is -2.49. The molecule has 9 heteroatoms. The van der Waals surface area contributed by atoms with Crippen LogP contribution in [0, 0.1) is 5.82 Å². The zero-order valence-electron chi connectivity index (χ0n) is 18.3. The van der Waals surface area contributed by atoms with Gasteiger partial charge in [-0.25, -0.2) is 14.4 Å². The molecule has 0 saturated carbocycles. The van der Waals surface area contributed by atoms with Crippen LogP contribution in [0.1, 0.15) is 6.42 Å². The monoisotopic (exact) mass is 430 g/mol. The van der Waals surface area contributed by atoms with Crippen molar-refractivity contribution in [3.05, 3.63) is 30.3 Å². The number of rotatable bonds is 7. The second-order valence-corrected chi connectivity index (χ2v) is 8.12. The van der Waals surface area contributed by atoms with E-state index in [-0.39, 0.29) is 5.82 Å². The summed E-state index contributed by atoms with van der Waals surface area (Å²) in [7, 11) is 3.81. The molecule has 1 atom stereocenters. The Balaban J connectivity index is 1.47. The van der Waals surface area contributed by atoms with Gasteiger partial charge in [-0.15, -0.1) is 0 Å². The van der Waals surface area contributed by atoms with Crippen LogP contribution in [-0.2, 0) is 9.47 Å². The van der Waals surface area contributed by atoms with Crippen LogP contribution in [-0.4, -0.2) is 87.6 Å². The molecule has 8 nitrogen and oxygen atoms in total. The Morgan fingerprint density at radius 1 is 1.19 bits per heavy atom. The molecule has 2 fully saturated rings. The third-order valence-corrected chi connectivity index (χ3v) is 6.14. The number of ether oxygens (including phenoxy) is 2. The molecule has 2 N–H and O–H groups in total. The average molecular weight is 431 g/mol. The predicted octanol–water partition coefficient (Wildman–Crippen LogP) is 1.86. The Kier molecular flexibility index (Phi) is 6.84. The lowest BCUT2D eigenvalue weighted by molar-refractivity contribution is 0.122. The lowest BCUT2D eigenvalue weighted by Gasteiger charge is -2.26. The number of anilines is 3. The van der Waals surface area contributed by atoms with Crippen LogP contribution in [0.2, 0.25) is 0 Å². The molecule has 0 amide bonds. The molecule has 0 unspecified atom stereocenters. The summed E-state index contributed by atoms with van der Waals surface area (Å²) in [6.07, 6.45) is 4.33.